The molecule has 9 heteroatoms. The van der Waals surface area contributed by atoms with E-state index in [4.69, 9.17) is 0 Å². The number of rotatable bonds is 6. The zero-order valence-corrected chi connectivity index (χ0v) is 14.6. The fourth-order valence-electron chi connectivity index (χ4n) is 2.36. The Morgan fingerprint density at radius 3 is 2.71 bits per heavy atom. The third-order valence-corrected chi connectivity index (χ3v) is 5.43. The van der Waals surface area contributed by atoms with Crippen LogP contribution in [0.5, 0.6) is 0 Å². The van der Waals surface area contributed by atoms with Crippen LogP contribution in [0.4, 0.5) is 0 Å². The van der Waals surface area contributed by atoms with Crippen molar-refractivity contribution in [1.29, 1.82) is 0 Å². The number of likely N-dealkylation sites (N-methyl/N-ethyl adjacent to an activating group) is 1. The second kappa shape index (κ2) is 7.71. The van der Waals surface area contributed by atoms with Gasteiger partial charge in [-0.1, -0.05) is 0 Å². The predicted octanol–water partition coefficient (Wildman–Crippen LogP) is -0.710. The summed E-state index contributed by atoms with van der Waals surface area (Å²) >= 11 is 0. The minimum Gasteiger partial charge on any atom is -0.349 e. The predicted molar refractivity (Wildman–Crippen MR) is 89.6 cm³/mol. The van der Waals surface area contributed by atoms with E-state index >= 15 is 0 Å². The third kappa shape index (κ3) is 5.27. The van der Waals surface area contributed by atoms with Gasteiger partial charge in [-0.15, -0.1) is 0 Å². The second-order valence-electron chi connectivity index (χ2n) is 6.06. The molecule has 0 saturated carbocycles. The van der Waals surface area contributed by atoms with Crippen molar-refractivity contribution in [1.82, 2.24) is 20.5 Å². The van der Waals surface area contributed by atoms with Gasteiger partial charge < -0.3 is 15.5 Å². The highest BCUT2D eigenvalue weighted by Crippen LogP contribution is 2.12. The normalized spacial score (nSPS) is 19.2. The van der Waals surface area contributed by atoms with E-state index in [0.29, 0.717) is 19.5 Å². The van der Waals surface area contributed by atoms with Crippen molar-refractivity contribution >= 4 is 21.7 Å². The van der Waals surface area contributed by atoms with E-state index in [1.54, 1.807) is 0 Å². The summed E-state index contributed by atoms with van der Waals surface area (Å²) in [5.74, 6) is -0.702. The summed E-state index contributed by atoms with van der Waals surface area (Å²) in [7, 11) is 0.745. The van der Waals surface area contributed by atoms with Crippen LogP contribution in [0.25, 0.3) is 0 Å². The second-order valence-corrected chi connectivity index (χ2v) is 8.29. The minimum absolute atomic E-state index is 0.0400. The molecule has 2 N–H and O–H groups in total. The lowest BCUT2D eigenvalue weighted by atomic mass is 10.2. The zero-order chi connectivity index (χ0) is 17.7. The van der Waals surface area contributed by atoms with Crippen LogP contribution in [0, 0.1) is 0 Å². The maximum atomic E-state index is 12.2. The quantitative estimate of drug-likeness (QED) is 0.699. The number of hydrogen-bond acceptors (Lipinski definition) is 6. The molecule has 2 rings (SSSR count). The molecule has 24 heavy (non-hydrogen) atoms. The molecule has 0 aromatic carbocycles. The highest BCUT2D eigenvalue weighted by Gasteiger charge is 2.29. The Morgan fingerprint density at radius 1 is 1.33 bits per heavy atom. The number of nitrogens with zero attached hydrogens (tertiary/aromatic N) is 2. The van der Waals surface area contributed by atoms with E-state index in [1.807, 2.05) is 19.0 Å². The van der Waals surface area contributed by atoms with Crippen molar-refractivity contribution < 1.29 is 18.0 Å². The standard InChI is InChI=1S/C15H22N4O4S/c1-19(2)7-6-17-15(21)13-9-11(3-5-16-13)14(20)18-12-4-8-24(22,23)10-12/h3,5,9,12H,4,6-8,10H2,1-2H3,(H,17,21)(H,18,20). The van der Waals surface area contributed by atoms with Gasteiger partial charge in [-0.25, -0.2) is 8.42 Å². The van der Waals surface area contributed by atoms with E-state index in [9.17, 15) is 18.0 Å². The van der Waals surface area contributed by atoms with Crippen LogP contribution in [-0.4, -0.2) is 74.8 Å². The van der Waals surface area contributed by atoms with Crippen LogP contribution in [0.3, 0.4) is 0 Å². The molecule has 1 aromatic rings. The van der Waals surface area contributed by atoms with Gasteiger partial charge >= 0.3 is 0 Å². The lowest BCUT2D eigenvalue weighted by Crippen LogP contribution is -2.36. The molecular weight excluding hydrogens is 332 g/mol. The number of nitrogens with one attached hydrogen (secondary N) is 2. The summed E-state index contributed by atoms with van der Waals surface area (Å²) in [4.78, 5) is 30.2. The van der Waals surface area contributed by atoms with Crippen molar-refractivity contribution in [2.45, 2.75) is 12.5 Å². The lowest BCUT2D eigenvalue weighted by molar-refractivity contribution is 0.0941. The highest BCUT2D eigenvalue weighted by molar-refractivity contribution is 7.91. The summed E-state index contributed by atoms with van der Waals surface area (Å²) in [5, 5.41) is 5.42. The number of amides is 2. The molecule has 0 radical (unpaired) electrons. The van der Waals surface area contributed by atoms with Gasteiger partial charge in [0.25, 0.3) is 11.8 Å². The van der Waals surface area contributed by atoms with Crippen LogP contribution in [0.15, 0.2) is 18.3 Å². The van der Waals surface area contributed by atoms with Gasteiger partial charge in [0.15, 0.2) is 9.84 Å². The molecule has 1 unspecified atom stereocenters. The molecule has 132 valence electrons. The molecule has 0 bridgehead atoms. The molecule has 1 aromatic heterocycles. The Morgan fingerprint density at radius 2 is 2.08 bits per heavy atom. The largest absolute Gasteiger partial charge is 0.349 e. The average molecular weight is 354 g/mol. The van der Waals surface area contributed by atoms with E-state index in [1.165, 1.54) is 18.3 Å². The van der Waals surface area contributed by atoms with E-state index in [-0.39, 0.29) is 34.7 Å². The monoisotopic (exact) mass is 354 g/mol. The van der Waals surface area contributed by atoms with E-state index in [2.05, 4.69) is 15.6 Å². The molecule has 0 aliphatic carbocycles. The van der Waals surface area contributed by atoms with Gasteiger partial charge in [-0.05, 0) is 32.6 Å². The van der Waals surface area contributed by atoms with Crippen molar-refractivity contribution in [2.24, 2.45) is 0 Å². The molecule has 1 aliphatic heterocycles. The fourth-order valence-corrected chi connectivity index (χ4v) is 4.03. The average Bonchev–Trinajstić information content (AvgIpc) is 2.85. The molecule has 2 heterocycles. The first-order valence-corrected chi connectivity index (χ1v) is 9.49. The summed E-state index contributed by atoms with van der Waals surface area (Å²) in [6.45, 7) is 1.17. The summed E-state index contributed by atoms with van der Waals surface area (Å²) in [5.41, 5.74) is 0.438. The van der Waals surface area contributed by atoms with Crippen molar-refractivity contribution in [3.05, 3.63) is 29.6 Å². The highest BCUT2D eigenvalue weighted by atomic mass is 32.2. The first-order chi connectivity index (χ1) is 11.3. The summed E-state index contributed by atoms with van der Waals surface area (Å²) in [6.07, 6.45) is 1.80. The van der Waals surface area contributed by atoms with Crippen LogP contribution < -0.4 is 10.6 Å². The third-order valence-electron chi connectivity index (χ3n) is 3.67. The molecular formula is C15H22N4O4S. The molecule has 1 fully saturated rings. The Bertz CT molecular complexity index is 718. The van der Waals surface area contributed by atoms with Gasteiger partial charge in [-0.2, -0.15) is 0 Å². The summed E-state index contributed by atoms with van der Waals surface area (Å²) < 4.78 is 22.9. The van der Waals surface area contributed by atoms with Gasteiger partial charge in [0.1, 0.15) is 5.69 Å². The fraction of sp³-hybridized carbons (Fsp3) is 0.533. The number of sulfone groups is 1. The topological polar surface area (TPSA) is 108 Å². The Balaban J connectivity index is 1.96. The lowest BCUT2D eigenvalue weighted by Gasteiger charge is -2.12. The Hall–Kier alpha value is -2.00. The van der Waals surface area contributed by atoms with Crippen LogP contribution in [-0.2, 0) is 9.84 Å². The van der Waals surface area contributed by atoms with Crippen molar-refractivity contribution in [3.8, 4) is 0 Å². The smallest absolute Gasteiger partial charge is 0.269 e. The SMILES string of the molecule is CN(C)CCNC(=O)c1cc(C(=O)NC2CCS(=O)(=O)C2)ccn1. The molecule has 1 atom stereocenters. The van der Waals surface area contributed by atoms with Gasteiger partial charge in [-0.3, -0.25) is 14.6 Å². The maximum Gasteiger partial charge on any atom is 0.269 e. The van der Waals surface area contributed by atoms with Crippen LogP contribution in [0.2, 0.25) is 0 Å². The molecule has 1 saturated heterocycles. The van der Waals surface area contributed by atoms with Crippen molar-refractivity contribution in [2.75, 3.05) is 38.7 Å². The van der Waals surface area contributed by atoms with Gasteiger partial charge in [0, 0.05) is 30.9 Å². The van der Waals surface area contributed by atoms with Crippen molar-refractivity contribution in [3.63, 3.8) is 0 Å². The molecule has 0 spiro atoms. The number of aromatic nitrogens is 1. The Kier molecular flexibility index (Phi) is 5.89. The van der Waals surface area contributed by atoms with Gasteiger partial charge in [0.2, 0.25) is 0 Å². The number of carbonyl (C=O) groups is 2. The zero-order valence-electron chi connectivity index (χ0n) is 13.8. The van der Waals surface area contributed by atoms with Gasteiger partial charge in [0.05, 0.1) is 11.5 Å². The molecule has 1 aliphatic rings. The number of carbonyl (C=O) groups excluding carboxylic acids is 2. The first kappa shape index (κ1) is 18.3. The number of hydrogen-bond donors (Lipinski definition) is 2. The minimum atomic E-state index is -3.06. The maximum absolute atomic E-state index is 12.2. The Labute approximate surface area is 141 Å². The summed E-state index contributed by atoms with van der Waals surface area (Å²) in [6, 6.07) is 2.52. The van der Waals surface area contributed by atoms with Crippen LogP contribution >= 0.6 is 0 Å². The van der Waals surface area contributed by atoms with E-state index in [0.717, 1.165) is 0 Å². The molecule has 2 amide bonds. The molecule has 8 nitrogen and oxygen atoms in total. The van der Waals surface area contributed by atoms with Crippen LogP contribution in [0.1, 0.15) is 27.3 Å². The number of pyridine rings is 1. The first-order valence-electron chi connectivity index (χ1n) is 7.67. The van der Waals surface area contributed by atoms with E-state index < -0.39 is 15.7 Å².